The predicted octanol–water partition coefficient (Wildman–Crippen LogP) is 3.26. The third-order valence-corrected chi connectivity index (χ3v) is 5.31. The Morgan fingerprint density at radius 1 is 1.25 bits per heavy atom. The molecule has 3 aromatic rings. The summed E-state index contributed by atoms with van der Waals surface area (Å²) in [5.41, 5.74) is 1.93. The first-order chi connectivity index (χ1) is 13.6. The Kier molecular flexibility index (Phi) is 5.21. The smallest absolute Gasteiger partial charge is 0.260 e. The van der Waals surface area contributed by atoms with Crippen molar-refractivity contribution in [2.45, 2.75) is 26.8 Å². The summed E-state index contributed by atoms with van der Waals surface area (Å²) in [4.78, 5) is 29.0. The second-order valence-corrected chi connectivity index (χ2v) is 7.85. The van der Waals surface area contributed by atoms with Crippen molar-refractivity contribution < 1.29 is 9.53 Å². The number of amides is 1. The third-order valence-electron chi connectivity index (χ3n) is 4.48. The summed E-state index contributed by atoms with van der Waals surface area (Å²) in [5.74, 6) is 2.07. The van der Waals surface area contributed by atoms with E-state index in [9.17, 15) is 4.79 Å². The highest BCUT2D eigenvalue weighted by Gasteiger charge is 2.25. The number of carbonyl (C=O) groups is 1. The van der Waals surface area contributed by atoms with Gasteiger partial charge in [0.1, 0.15) is 17.4 Å². The van der Waals surface area contributed by atoms with Crippen molar-refractivity contribution in [3.63, 3.8) is 0 Å². The average molecular weight is 395 g/mol. The molecule has 0 saturated heterocycles. The predicted molar refractivity (Wildman–Crippen MR) is 108 cm³/mol. The minimum Gasteiger partial charge on any atom is -0.484 e. The lowest BCUT2D eigenvalue weighted by atomic mass is 10.1. The van der Waals surface area contributed by atoms with Gasteiger partial charge >= 0.3 is 0 Å². The lowest BCUT2D eigenvalue weighted by molar-refractivity contribution is -0.134. The number of rotatable bonds is 5. The first-order valence-electron chi connectivity index (χ1n) is 9.10. The van der Waals surface area contributed by atoms with E-state index >= 15 is 0 Å². The molecular weight excluding hydrogens is 374 g/mol. The van der Waals surface area contributed by atoms with E-state index in [-0.39, 0.29) is 12.5 Å². The molecule has 3 heterocycles. The number of benzene rings is 1. The van der Waals surface area contributed by atoms with Crippen LogP contribution in [-0.4, -0.2) is 38.9 Å². The van der Waals surface area contributed by atoms with Crippen LogP contribution in [0.5, 0.6) is 5.75 Å². The van der Waals surface area contributed by atoms with Crippen LogP contribution in [0, 0.1) is 13.8 Å². The van der Waals surface area contributed by atoms with E-state index in [1.54, 1.807) is 16.2 Å². The van der Waals surface area contributed by atoms with Crippen LogP contribution in [0.1, 0.15) is 22.0 Å². The fourth-order valence-electron chi connectivity index (χ4n) is 3.12. The number of hydrogen-bond donors (Lipinski definition) is 1. The maximum Gasteiger partial charge on any atom is 0.260 e. The Morgan fingerprint density at radius 3 is 2.82 bits per heavy atom. The number of carbonyl (C=O) groups excluding carboxylic acids is 1. The van der Waals surface area contributed by atoms with E-state index < -0.39 is 0 Å². The lowest BCUT2D eigenvalue weighted by Crippen LogP contribution is -2.39. The molecule has 0 radical (unpaired) electrons. The molecule has 0 spiro atoms. The van der Waals surface area contributed by atoms with E-state index in [2.05, 4.69) is 20.3 Å². The minimum absolute atomic E-state index is 0.0144. The van der Waals surface area contributed by atoms with Crippen LogP contribution in [0.15, 0.2) is 36.5 Å². The van der Waals surface area contributed by atoms with E-state index in [0.29, 0.717) is 31.1 Å². The number of fused-ring (bicyclic) bond motifs is 1. The number of para-hydroxylation sites is 1. The second kappa shape index (κ2) is 7.93. The van der Waals surface area contributed by atoms with Crippen LogP contribution in [0.3, 0.4) is 0 Å². The molecule has 1 aliphatic rings. The van der Waals surface area contributed by atoms with Crippen LogP contribution in [-0.2, 0) is 17.8 Å². The normalized spacial score (nSPS) is 13.1. The molecule has 28 heavy (non-hydrogen) atoms. The molecule has 2 aromatic heterocycles. The van der Waals surface area contributed by atoms with Gasteiger partial charge in [0.15, 0.2) is 11.7 Å². The van der Waals surface area contributed by atoms with Crippen LogP contribution in [0.4, 0.5) is 10.9 Å². The molecular formula is C20H21N5O2S. The van der Waals surface area contributed by atoms with Gasteiger partial charge in [-0.05, 0) is 26.0 Å². The molecule has 1 aromatic carbocycles. The molecule has 1 aliphatic heterocycles. The highest BCUT2D eigenvalue weighted by Crippen LogP contribution is 2.28. The molecule has 0 unspecified atom stereocenters. The van der Waals surface area contributed by atoms with Crippen molar-refractivity contribution in [3.05, 3.63) is 58.5 Å². The van der Waals surface area contributed by atoms with Gasteiger partial charge in [-0.2, -0.15) is 0 Å². The van der Waals surface area contributed by atoms with E-state index in [4.69, 9.17) is 4.74 Å². The van der Waals surface area contributed by atoms with Crippen molar-refractivity contribution in [1.29, 1.82) is 0 Å². The summed E-state index contributed by atoms with van der Waals surface area (Å²) in [6.07, 6.45) is 2.52. The number of hydrogen-bond acceptors (Lipinski definition) is 7. The summed E-state index contributed by atoms with van der Waals surface area (Å²) < 4.78 is 5.61. The quantitative estimate of drug-likeness (QED) is 0.714. The van der Waals surface area contributed by atoms with Crippen molar-refractivity contribution in [3.8, 4) is 5.75 Å². The molecule has 0 bridgehead atoms. The molecule has 0 fully saturated rings. The molecule has 0 atom stereocenters. The van der Waals surface area contributed by atoms with Crippen LogP contribution >= 0.6 is 11.3 Å². The maximum atomic E-state index is 12.7. The van der Waals surface area contributed by atoms with Gasteiger partial charge in [0.05, 0.1) is 12.2 Å². The Bertz CT molecular complexity index is 990. The van der Waals surface area contributed by atoms with Gasteiger partial charge in [0.2, 0.25) is 0 Å². The number of aromatic nitrogens is 3. The van der Waals surface area contributed by atoms with Gasteiger partial charge in [0, 0.05) is 29.6 Å². The largest absolute Gasteiger partial charge is 0.484 e. The third kappa shape index (κ3) is 4.12. The monoisotopic (exact) mass is 395 g/mol. The summed E-state index contributed by atoms with van der Waals surface area (Å²) in [5, 5.41) is 4.08. The van der Waals surface area contributed by atoms with E-state index in [0.717, 1.165) is 27.1 Å². The Labute approximate surface area is 167 Å². The van der Waals surface area contributed by atoms with Gasteiger partial charge in [-0.3, -0.25) is 4.79 Å². The first kappa shape index (κ1) is 18.4. The van der Waals surface area contributed by atoms with Crippen molar-refractivity contribution in [2.24, 2.45) is 0 Å². The number of nitrogens with zero attached hydrogens (tertiary/aromatic N) is 4. The number of anilines is 2. The molecule has 1 N–H and O–H groups in total. The van der Waals surface area contributed by atoms with E-state index in [1.165, 1.54) is 0 Å². The van der Waals surface area contributed by atoms with Gasteiger partial charge in [-0.25, -0.2) is 15.0 Å². The average Bonchev–Trinajstić information content (AvgIpc) is 3.11. The number of ether oxygens (including phenoxy) is 1. The summed E-state index contributed by atoms with van der Waals surface area (Å²) in [7, 11) is 0. The fourth-order valence-corrected chi connectivity index (χ4v) is 3.78. The summed E-state index contributed by atoms with van der Waals surface area (Å²) in [6.45, 7) is 4.98. The Morgan fingerprint density at radius 2 is 2.07 bits per heavy atom. The molecule has 7 nitrogen and oxygen atoms in total. The topological polar surface area (TPSA) is 80.2 Å². The molecule has 8 heteroatoms. The number of aryl methyl sites for hydroxylation is 2. The molecule has 0 saturated carbocycles. The van der Waals surface area contributed by atoms with Crippen molar-refractivity contribution in [1.82, 2.24) is 19.9 Å². The lowest BCUT2D eigenvalue weighted by Gasteiger charge is -2.29. The summed E-state index contributed by atoms with van der Waals surface area (Å²) >= 11 is 1.57. The second-order valence-electron chi connectivity index (χ2n) is 6.61. The van der Waals surface area contributed by atoms with Gasteiger partial charge < -0.3 is 15.0 Å². The van der Waals surface area contributed by atoms with Crippen LogP contribution < -0.4 is 10.1 Å². The minimum atomic E-state index is -0.0499. The highest BCUT2D eigenvalue weighted by atomic mass is 32.1. The van der Waals surface area contributed by atoms with Gasteiger partial charge in [-0.1, -0.05) is 18.2 Å². The maximum absolute atomic E-state index is 12.7. The Hall–Kier alpha value is -3.00. The molecule has 1 amide bonds. The number of nitrogens with one attached hydrogen (secondary N) is 1. The zero-order valence-electron chi connectivity index (χ0n) is 15.8. The van der Waals surface area contributed by atoms with Crippen LogP contribution in [0.25, 0.3) is 0 Å². The molecule has 0 aliphatic carbocycles. The molecule has 4 rings (SSSR count). The Balaban J connectivity index is 1.49. The summed E-state index contributed by atoms with van der Waals surface area (Å²) in [6, 6.07) is 9.36. The van der Waals surface area contributed by atoms with Crippen LogP contribution in [0.2, 0.25) is 0 Å². The highest BCUT2D eigenvalue weighted by molar-refractivity contribution is 7.15. The van der Waals surface area contributed by atoms with E-state index in [1.807, 2.05) is 50.4 Å². The first-order valence-corrected chi connectivity index (χ1v) is 9.91. The van der Waals surface area contributed by atoms with Gasteiger partial charge in [0.25, 0.3) is 5.91 Å². The van der Waals surface area contributed by atoms with Crippen molar-refractivity contribution in [2.75, 3.05) is 18.5 Å². The fraction of sp³-hybridized carbons (Fsp3) is 0.300. The zero-order chi connectivity index (χ0) is 19.5. The number of thiazole rings is 1. The van der Waals surface area contributed by atoms with Crippen molar-refractivity contribution >= 4 is 28.2 Å². The SMILES string of the molecule is Cc1nc2c(c(Nc3ncc(C)s3)n1)CN(C(=O)COc1ccccc1)CC2. The zero-order valence-corrected chi connectivity index (χ0v) is 16.6. The van der Waals surface area contributed by atoms with Gasteiger partial charge in [-0.15, -0.1) is 11.3 Å². The molecule has 144 valence electrons. The standard InChI is InChI=1S/C20H21N5O2S/c1-13-10-21-20(28-13)24-19-16-11-25(9-8-17(16)22-14(2)23-19)18(26)12-27-15-6-4-3-5-7-15/h3-7,10H,8-9,11-12H2,1-2H3,(H,21,22,23,24).